The number of carbonyl (C=O) groups excluding carboxylic acids is 2. The highest BCUT2D eigenvalue weighted by Crippen LogP contribution is 2.44. The van der Waals surface area contributed by atoms with Gasteiger partial charge in [-0.1, -0.05) is 42.1 Å². The Hall–Kier alpha value is -4.25. The Morgan fingerprint density at radius 3 is 2.69 bits per heavy atom. The smallest absolute Gasteiger partial charge is 0.342 e. The van der Waals surface area contributed by atoms with Gasteiger partial charge in [-0.05, 0) is 42.7 Å². The van der Waals surface area contributed by atoms with Crippen LogP contribution in [-0.2, 0) is 14.3 Å². The number of anilines is 1. The quantitative estimate of drug-likeness (QED) is 0.0805. The summed E-state index contributed by atoms with van der Waals surface area (Å²) in [5.41, 5.74) is 1.28. The molecule has 2 heterocycles. The van der Waals surface area contributed by atoms with E-state index in [0.717, 1.165) is 18.2 Å². The van der Waals surface area contributed by atoms with Crippen LogP contribution < -0.4 is 10.1 Å². The monoisotopic (exact) mass is 684 g/mol. The third-order valence-corrected chi connectivity index (χ3v) is 9.19. The summed E-state index contributed by atoms with van der Waals surface area (Å²) >= 11 is 1.43. The topological polar surface area (TPSA) is 171 Å². The lowest BCUT2D eigenvalue weighted by Gasteiger charge is -2.23. The number of benzene rings is 2. The molecule has 2 aromatic carbocycles. The van der Waals surface area contributed by atoms with E-state index in [1.54, 1.807) is 18.2 Å². The highest BCUT2D eigenvalue weighted by atomic mass is 32.2. The summed E-state index contributed by atoms with van der Waals surface area (Å²) in [6.45, 7) is 2.89. The molecule has 2 fully saturated rings. The molecule has 0 saturated heterocycles. The lowest BCUT2D eigenvalue weighted by atomic mass is 10.1. The highest BCUT2D eigenvalue weighted by molar-refractivity contribution is 7.99. The van der Waals surface area contributed by atoms with E-state index in [9.17, 15) is 28.6 Å². The third kappa shape index (κ3) is 7.11. The van der Waals surface area contributed by atoms with Crippen molar-refractivity contribution in [1.82, 2.24) is 25.0 Å². The number of rotatable bonds is 13. The van der Waals surface area contributed by atoms with Gasteiger partial charge in [-0.2, -0.15) is 0 Å². The van der Waals surface area contributed by atoms with E-state index in [4.69, 9.17) is 24.2 Å². The van der Waals surface area contributed by atoms with Crippen LogP contribution in [0, 0.1) is 11.6 Å². The second-order valence-corrected chi connectivity index (χ2v) is 12.6. The molecule has 1 unspecified atom stereocenters. The van der Waals surface area contributed by atoms with Crippen LogP contribution in [0.1, 0.15) is 61.0 Å². The van der Waals surface area contributed by atoms with Crippen molar-refractivity contribution in [2.24, 2.45) is 0 Å². The first-order chi connectivity index (χ1) is 23.2. The van der Waals surface area contributed by atoms with Crippen molar-refractivity contribution in [3.63, 3.8) is 0 Å². The van der Waals surface area contributed by atoms with Crippen LogP contribution in [0.15, 0.2) is 47.6 Å². The van der Waals surface area contributed by atoms with E-state index in [2.05, 4.69) is 15.6 Å². The van der Waals surface area contributed by atoms with Gasteiger partial charge in [0.25, 0.3) is 0 Å². The van der Waals surface area contributed by atoms with E-state index in [1.807, 2.05) is 6.92 Å². The van der Waals surface area contributed by atoms with Crippen molar-refractivity contribution >= 4 is 40.7 Å². The number of hydrogen-bond donors (Lipinski definition) is 3. The predicted molar refractivity (Wildman–Crippen MR) is 169 cm³/mol. The molecule has 3 N–H and O–H groups in total. The highest BCUT2D eigenvalue weighted by Gasteiger charge is 2.48. The minimum absolute atomic E-state index is 0.00104. The summed E-state index contributed by atoms with van der Waals surface area (Å²) < 4.78 is 45.7. The summed E-state index contributed by atoms with van der Waals surface area (Å²) in [7, 11) is 0. The number of para-hydroxylation sites is 1. The van der Waals surface area contributed by atoms with Gasteiger partial charge in [-0.15, -0.1) is 5.10 Å². The summed E-state index contributed by atoms with van der Waals surface area (Å²) in [6, 6.07) is 9.02. The van der Waals surface area contributed by atoms with Crippen LogP contribution in [0.4, 0.5) is 14.6 Å². The van der Waals surface area contributed by atoms with Crippen LogP contribution in [-0.4, -0.2) is 90.4 Å². The number of aromatic nitrogens is 5. The molecule has 16 heteroatoms. The van der Waals surface area contributed by atoms with Gasteiger partial charge in [0.05, 0.1) is 25.4 Å². The fourth-order valence-electron chi connectivity index (χ4n) is 5.81. The molecule has 6 atom stereocenters. The Bertz CT molecular complexity index is 1810. The van der Waals surface area contributed by atoms with Crippen molar-refractivity contribution in [3.8, 4) is 5.75 Å². The fourth-order valence-corrected chi connectivity index (χ4v) is 6.50. The first-order valence-electron chi connectivity index (χ1n) is 15.5. The Balaban J connectivity index is 1.33. The average molecular weight is 685 g/mol. The Morgan fingerprint density at radius 2 is 1.94 bits per heavy atom. The fraction of sp³-hybridized carbons (Fsp3) is 0.438. The molecule has 13 nitrogen and oxygen atoms in total. The predicted octanol–water partition coefficient (Wildman–Crippen LogP) is 3.80. The van der Waals surface area contributed by atoms with E-state index >= 15 is 0 Å². The molecular formula is C32H34F2N6O7S. The van der Waals surface area contributed by atoms with Crippen LogP contribution in [0.2, 0.25) is 0 Å². The number of esters is 2. The van der Waals surface area contributed by atoms with Gasteiger partial charge < -0.3 is 29.7 Å². The van der Waals surface area contributed by atoms with Crippen LogP contribution in [0.25, 0.3) is 11.2 Å². The number of nitrogens with zero attached hydrogens (tertiary/aromatic N) is 5. The molecule has 0 bridgehead atoms. The van der Waals surface area contributed by atoms with Crippen molar-refractivity contribution in [2.75, 3.05) is 24.3 Å². The number of fused-ring (bicyclic) bond motifs is 1. The van der Waals surface area contributed by atoms with Crippen LogP contribution >= 0.6 is 11.8 Å². The largest absolute Gasteiger partial charge is 0.454 e. The maximum atomic E-state index is 13.9. The van der Waals surface area contributed by atoms with E-state index in [-0.39, 0.29) is 42.9 Å². The standard InChI is InChI=1S/C32H34F2N6O7S/c1-3-12-48-32-36-29(35-22-14-19(22)17-8-9-20(33)21(34)13-17)26-30(37-32)40(39-38-26)23-15-25(45-11-10-41)27(43)28(23)47-31(44)18-6-4-5-7-24(18)46-16(2)42/h4-9,13,19,22-23,25,27-28,41,43H,3,10-12,14-15H2,1-2H3,(H,35,36,37)/t19-,22?,23+,25-,27+,28-/m0/s1. The normalized spacial score (nSPS) is 23.3. The molecule has 0 spiro atoms. The summed E-state index contributed by atoms with van der Waals surface area (Å²) in [4.78, 5) is 34.5. The number of thioether (sulfide) groups is 1. The Morgan fingerprint density at radius 1 is 1.12 bits per heavy atom. The minimum Gasteiger partial charge on any atom is -0.454 e. The first kappa shape index (κ1) is 33.6. The molecule has 2 aliphatic carbocycles. The van der Waals surface area contributed by atoms with E-state index in [0.29, 0.717) is 34.1 Å². The van der Waals surface area contributed by atoms with Crippen molar-refractivity contribution in [1.29, 1.82) is 0 Å². The maximum absolute atomic E-state index is 13.9. The molecule has 0 aliphatic heterocycles. The van der Waals surface area contributed by atoms with Crippen LogP contribution in [0.5, 0.6) is 5.75 Å². The zero-order valence-corrected chi connectivity index (χ0v) is 26.9. The molecule has 48 heavy (non-hydrogen) atoms. The molecule has 254 valence electrons. The van der Waals surface area contributed by atoms with Crippen molar-refractivity contribution in [3.05, 3.63) is 65.2 Å². The van der Waals surface area contributed by atoms with E-state index in [1.165, 1.54) is 41.6 Å². The summed E-state index contributed by atoms with van der Waals surface area (Å²) in [6.07, 6.45) is -1.70. The average Bonchev–Trinajstić information content (AvgIpc) is 3.59. The summed E-state index contributed by atoms with van der Waals surface area (Å²) in [5, 5.41) is 33.2. The number of hydrogen-bond acceptors (Lipinski definition) is 13. The van der Waals surface area contributed by atoms with E-state index < -0.39 is 47.9 Å². The zero-order valence-electron chi connectivity index (χ0n) is 26.1. The van der Waals surface area contributed by atoms with Crippen molar-refractivity contribution < 1.29 is 42.8 Å². The Kier molecular flexibility index (Phi) is 10.1. The summed E-state index contributed by atoms with van der Waals surface area (Å²) in [5.74, 6) is -2.22. The lowest BCUT2D eigenvalue weighted by Crippen LogP contribution is -2.37. The SMILES string of the molecule is CCCSc1nc(NC2C[C@H]2c2ccc(F)c(F)c2)c2nnn([C@@H]3C[C@H](OCCO)[C@@H](O)[C@H]3OC(=O)c3ccccc3OC(C)=O)c2n1. The van der Waals surface area contributed by atoms with Crippen LogP contribution in [0.3, 0.4) is 0 Å². The Labute approximate surface area is 278 Å². The van der Waals surface area contributed by atoms with Crippen molar-refractivity contribution in [2.45, 2.75) is 74.6 Å². The van der Waals surface area contributed by atoms with Gasteiger partial charge in [0.1, 0.15) is 17.4 Å². The lowest BCUT2D eigenvalue weighted by molar-refractivity contribution is -0.131. The number of aliphatic hydroxyl groups excluding tert-OH is 2. The minimum atomic E-state index is -1.32. The van der Waals surface area contributed by atoms with Gasteiger partial charge in [0, 0.05) is 31.1 Å². The van der Waals surface area contributed by atoms with Gasteiger partial charge >= 0.3 is 11.9 Å². The zero-order chi connectivity index (χ0) is 33.9. The van der Waals surface area contributed by atoms with Gasteiger partial charge in [-0.25, -0.2) is 28.2 Å². The number of halogens is 2. The molecular weight excluding hydrogens is 650 g/mol. The number of carbonyl (C=O) groups is 2. The molecule has 0 amide bonds. The second kappa shape index (κ2) is 14.5. The molecule has 2 saturated carbocycles. The number of ether oxygens (including phenoxy) is 3. The molecule has 4 aromatic rings. The first-order valence-corrected chi connectivity index (χ1v) is 16.5. The van der Waals surface area contributed by atoms with Gasteiger partial charge in [0.2, 0.25) is 0 Å². The van der Waals surface area contributed by atoms with Gasteiger partial charge in [0.15, 0.2) is 39.9 Å². The molecule has 0 radical (unpaired) electrons. The second-order valence-electron chi connectivity index (χ2n) is 11.6. The number of aliphatic hydroxyl groups is 2. The molecule has 2 aliphatic rings. The molecule has 2 aromatic heterocycles. The molecule has 6 rings (SSSR count). The number of nitrogens with one attached hydrogen (secondary N) is 1. The van der Waals surface area contributed by atoms with Gasteiger partial charge in [-0.3, -0.25) is 4.79 Å². The maximum Gasteiger partial charge on any atom is 0.342 e. The third-order valence-electron chi connectivity index (χ3n) is 8.13.